The Kier molecular flexibility index (Phi) is 2.47. The van der Waals surface area contributed by atoms with Crippen LogP contribution in [0.5, 0.6) is 0 Å². The number of thiophene rings is 1. The zero-order valence-corrected chi connectivity index (χ0v) is 9.08. The summed E-state index contributed by atoms with van der Waals surface area (Å²) in [6.07, 6.45) is 0.114. The molecule has 0 spiro atoms. The Morgan fingerprint density at radius 1 is 1.38 bits per heavy atom. The molecule has 7 heteroatoms. The van der Waals surface area contributed by atoms with Crippen LogP contribution in [-0.2, 0) is 6.42 Å². The minimum absolute atomic E-state index is 0.0611. The average Bonchev–Trinajstić information content (AvgIpc) is 2.52. The largest absolute Gasteiger partial charge is 0.478 e. The Bertz CT molecular complexity index is 468. The number of rotatable bonds is 1. The van der Waals surface area contributed by atoms with Crippen LogP contribution in [0.3, 0.4) is 0 Å². The number of nitrogens with two attached hydrogens (primary N) is 1. The number of anilines is 2. The number of carbonyl (C=O) groups is 2. The monoisotopic (exact) mass is 242 g/mol. The summed E-state index contributed by atoms with van der Waals surface area (Å²) < 4.78 is 0. The summed E-state index contributed by atoms with van der Waals surface area (Å²) in [6.45, 7) is 0.390. The second kappa shape index (κ2) is 3.67. The molecule has 0 aliphatic carbocycles. The molecule has 0 saturated carbocycles. The van der Waals surface area contributed by atoms with Gasteiger partial charge in [0.2, 0.25) is 0 Å². The van der Waals surface area contributed by atoms with Crippen molar-refractivity contribution in [3.63, 3.8) is 0 Å². The fraction of sp³-hybridized carbons (Fsp3) is 0.333. The Balaban J connectivity index is 2.56. The number of carboxylic acids is 1. The third-order valence-electron chi connectivity index (χ3n) is 2.51. The lowest BCUT2D eigenvalue weighted by Gasteiger charge is -2.23. The standard InChI is InChI=1S/C9H10N2O4S/c10-6-5(8(12)13)4-2-1-3-11(9(14)15)7(4)16-6/h1-3,10H2,(H,12,13)(H,14,15). The first kappa shape index (κ1) is 10.7. The molecule has 2 rings (SSSR count). The van der Waals surface area contributed by atoms with Crippen molar-refractivity contribution in [3.8, 4) is 0 Å². The highest BCUT2D eigenvalue weighted by Crippen LogP contribution is 2.41. The van der Waals surface area contributed by atoms with Crippen molar-refractivity contribution in [1.82, 2.24) is 0 Å². The lowest BCUT2D eigenvalue weighted by molar-refractivity contribution is 0.0697. The summed E-state index contributed by atoms with van der Waals surface area (Å²) in [5.41, 5.74) is 6.21. The van der Waals surface area contributed by atoms with E-state index in [1.54, 1.807) is 0 Å². The van der Waals surface area contributed by atoms with Crippen molar-refractivity contribution in [2.45, 2.75) is 12.8 Å². The van der Waals surface area contributed by atoms with Crippen molar-refractivity contribution < 1.29 is 19.8 Å². The van der Waals surface area contributed by atoms with Crippen LogP contribution in [0.2, 0.25) is 0 Å². The van der Waals surface area contributed by atoms with E-state index in [-0.39, 0.29) is 10.6 Å². The van der Waals surface area contributed by atoms with Crippen LogP contribution in [0, 0.1) is 0 Å². The molecule has 0 bridgehead atoms. The van der Waals surface area contributed by atoms with Crippen molar-refractivity contribution in [2.24, 2.45) is 0 Å². The van der Waals surface area contributed by atoms with Gasteiger partial charge in [0.1, 0.15) is 10.0 Å². The summed E-state index contributed by atoms with van der Waals surface area (Å²) in [6, 6.07) is 0. The number of hydrogen-bond acceptors (Lipinski definition) is 4. The smallest absolute Gasteiger partial charge is 0.412 e. The van der Waals surface area contributed by atoms with Crippen LogP contribution in [0.4, 0.5) is 14.8 Å². The SMILES string of the molecule is Nc1sc2c(c1C(=O)O)CCCN2C(=O)O. The quantitative estimate of drug-likeness (QED) is 0.691. The van der Waals surface area contributed by atoms with E-state index in [1.807, 2.05) is 0 Å². The number of amides is 1. The number of carboxylic acid groups (broad SMARTS) is 2. The lowest BCUT2D eigenvalue weighted by Crippen LogP contribution is -2.33. The van der Waals surface area contributed by atoms with E-state index in [9.17, 15) is 9.59 Å². The fourth-order valence-corrected chi connectivity index (χ4v) is 2.98. The zero-order chi connectivity index (χ0) is 11.9. The van der Waals surface area contributed by atoms with E-state index in [0.29, 0.717) is 30.0 Å². The maximum absolute atomic E-state index is 11.0. The van der Waals surface area contributed by atoms with Crippen molar-refractivity contribution in [3.05, 3.63) is 11.1 Å². The van der Waals surface area contributed by atoms with E-state index < -0.39 is 12.1 Å². The van der Waals surface area contributed by atoms with Gasteiger partial charge in [0.25, 0.3) is 0 Å². The van der Waals surface area contributed by atoms with E-state index in [4.69, 9.17) is 15.9 Å². The van der Waals surface area contributed by atoms with E-state index in [0.717, 1.165) is 16.2 Å². The van der Waals surface area contributed by atoms with Crippen LogP contribution < -0.4 is 10.6 Å². The Morgan fingerprint density at radius 3 is 2.62 bits per heavy atom. The van der Waals surface area contributed by atoms with Crippen LogP contribution in [0.1, 0.15) is 22.3 Å². The fourth-order valence-electron chi connectivity index (χ4n) is 1.85. The van der Waals surface area contributed by atoms with E-state index >= 15 is 0 Å². The highest BCUT2D eigenvalue weighted by Gasteiger charge is 2.30. The molecule has 4 N–H and O–H groups in total. The van der Waals surface area contributed by atoms with E-state index in [2.05, 4.69) is 0 Å². The van der Waals surface area contributed by atoms with Gasteiger partial charge < -0.3 is 15.9 Å². The molecule has 0 aromatic carbocycles. The molecular weight excluding hydrogens is 232 g/mol. The van der Waals surface area contributed by atoms with E-state index in [1.165, 1.54) is 0 Å². The molecule has 1 aliphatic heterocycles. The van der Waals surface area contributed by atoms with Crippen LogP contribution in [-0.4, -0.2) is 28.8 Å². The normalized spacial score (nSPS) is 14.6. The molecule has 6 nitrogen and oxygen atoms in total. The Labute approximate surface area is 94.9 Å². The highest BCUT2D eigenvalue weighted by atomic mass is 32.1. The lowest BCUT2D eigenvalue weighted by atomic mass is 10.0. The molecule has 2 heterocycles. The number of nitrogens with zero attached hydrogens (tertiary/aromatic N) is 1. The summed E-state index contributed by atoms with van der Waals surface area (Å²) >= 11 is 1.02. The molecule has 1 aromatic rings. The molecule has 1 aliphatic rings. The summed E-state index contributed by atoms with van der Waals surface area (Å²) in [7, 11) is 0. The predicted octanol–water partition coefficient (Wildman–Crippen LogP) is 1.46. The minimum atomic E-state index is -1.10. The van der Waals surface area contributed by atoms with Gasteiger partial charge in [-0.3, -0.25) is 4.90 Å². The molecule has 0 atom stereocenters. The average molecular weight is 242 g/mol. The minimum Gasteiger partial charge on any atom is -0.478 e. The molecule has 0 radical (unpaired) electrons. The Morgan fingerprint density at radius 2 is 2.06 bits per heavy atom. The van der Waals surface area contributed by atoms with Gasteiger partial charge in [0.15, 0.2) is 0 Å². The summed E-state index contributed by atoms with van der Waals surface area (Å²) in [5, 5.41) is 18.6. The maximum Gasteiger partial charge on any atom is 0.412 e. The Hall–Kier alpha value is -1.76. The number of nitrogen functional groups attached to an aromatic ring is 1. The van der Waals surface area contributed by atoms with Gasteiger partial charge in [-0.2, -0.15) is 0 Å². The van der Waals surface area contributed by atoms with Gasteiger partial charge >= 0.3 is 12.1 Å². The van der Waals surface area contributed by atoms with Crippen LogP contribution in [0.15, 0.2) is 0 Å². The third-order valence-corrected chi connectivity index (χ3v) is 3.60. The molecular formula is C9H10N2O4S. The maximum atomic E-state index is 11.0. The van der Waals surface area contributed by atoms with Gasteiger partial charge in [-0.05, 0) is 12.8 Å². The first-order valence-corrected chi connectivity index (χ1v) is 5.49. The second-order valence-corrected chi connectivity index (χ2v) is 4.50. The van der Waals surface area contributed by atoms with Gasteiger partial charge in [0, 0.05) is 12.1 Å². The highest BCUT2D eigenvalue weighted by molar-refractivity contribution is 7.20. The van der Waals surface area contributed by atoms with Gasteiger partial charge in [-0.25, -0.2) is 9.59 Å². The summed E-state index contributed by atoms with van der Waals surface area (Å²) in [4.78, 5) is 23.1. The van der Waals surface area contributed by atoms with Crippen molar-refractivity contribution >= 4 is 33.4 Å². The molecule has 0 saturated heterocycles. The number of fused-ring (bicyclic) bond motifs is 1. The van der Waals surface area contributed by atoms with Gasteiger partial charge in [-0.1, -0.05) is 11.3 Å². The number of aromatic carboxylic acids is 1. The van der Waals surface area contributed by atoms with Crippen LogP contribution >= 0.6 is 11.3 Å². The number of hydrogen-bond donors (Lipinski definition) is 3. The molecule has 86 valence electrons. The molecule has 0 fully saturated rings. The van der Waals surface area contributed by atoms with Crippen molar-refractivity contribution in [1.29, 1.82) is 0 Å². The topological polar surface area (TPSA) is 104 Å². The van der Waals surface area contributed by atoms with Crippen LogP contribution in [0.25, 0.3) is 0 Å². The second-order valence-electron chi connectivity index (χ2n) is 3.47. The first-order valence-electron chi connectivity index (χ1n) is 4.67. The summed E-state index contributed by atoms with van der Waals surface area (Å²) in [5.74, 6) is -1.10. The van der Waals surface area contributed by atoms with Crippen molar-refractivity contribution in [2.75, 3.05) is 17.2 Å². The van der Waals surface area contributed by atoms with Gasteiger partial charge in [-0.15, -0.1) is 0 Å². The van der Waals surface area contributed by atoms with Gasteiger partial charge in [0.05, 0.1) is 5.56 Å². The molecule has 1 amide bonds. The first-order chi connectivity index (χ1) is 7.52. The predicted molar refractivity (Wildman–Crippen MR) is 59.4 cm³/mol. The molecule has 1 aromatic heterocycles. The molecule has 0 unspecified atom stereocenters. The molecule has 16 heavy (non-hydrogen) atoms. The third kappa shape index (κ3) is 1.49. The zero-order valence-electron chi connectivity index (χ0n) is 8.27.